The third-order valence-corrected chi connectivity index (χ3v) is 2.79. The fourth-order valence-corrected chi connectivity index (χ4v) is 1.64. The number of benzene rings is 1. The van der Waals surface area contributed by atoms with E-state index < -0.39 is 0 Å². The molecule has 5 heteroatoms. The molecule has 0 saturated carbocycles. The molecule has 0 fully saturated rings. The molecular weight excluding hydrogens is 242 g/mol. The zero-order chi connectivity index (χ0) is 14.1. The number of carbonyl (C=O) groups excluding carboxylic acids is 1. The Morgan fingerprint density at radius 3 is 2.63 bits per heavy atom. The van der Waals surface area contributed by atoms with E-state index in [9.17, 15) is 4.79 Å². The van der Waals surface area contributed by atoms with Gasteiger partial charge in [-0.3, -0.25) is 9.69 Å². The number of carbonyl (C=O) groups is 1. The van der Waals surface area contributed by atoms with E-state index in [2.05, 4.69) is 5.32 Å². The average Bonchev–Trinajstić information content (AvgIpc) is 2.41. The third kappa shape index (κ3) is 6.22. The average molecular weight is 265 g/mol. The molecule has 0 heterocycles. The van der Waals surface area contributed by atoms with Gasteiger partial charge >= 0.3 is 0 Å². The third-order valence-electron chi connectivity index (χ3n) is 2.79. The molecule has 0 unspecified atom stereocenters. The number of likely N-dealkylation sites (N-methyl/N-ethyl adjacent to an activating group) is 2. The van der Waals surface area contributed by atoms with Gasteiger partial charge in [0, 0.05) is 13.6 Å². The molecule has 3 N–H and O–H groups in total. The molecule has 0 aromatic heterocycles. The Morgan fingerprint density at radius 1 is 1.37 bits per heavy atom. The number of hydrogen-bond donors (Lipinski definition) is 2. The number of nitrogens with zero attached hydrogens (tertiary/aromatic N) is 1. The van der Waals surface area contributed by atoms with Crippen LogP contribution in [0.5, 0.6) is 5.75 Å². The predicted molar refractivity (Wildman–Crippen MR) is 76.3 cm³/mol. The predicted octanol–water partition coefficient (Wildman–Crippen LogP) is 0.244. The summed E-state index contributed by atoms with van der Waals surface area (Å²) < 4.78 is 5.62. The van der Waals surface area contributed by atoms with Gasteiger partial charge in [0.15, 0.2) is 0 Å². The number of nitrogens with one attached hydrogen (secondary N) is 1. The van der Waals surface area contributed by atoms with Crippen LogP contribution in [0.3, 0.4) is 0 Å². The van der Waals surface area contributed by atoms with Crippen molar-refractivity contribution in [1.29, 1.82) is 0 Å². The highest BCUT2D eigenvalue weighted by Gasteiger charge is 2.04. The van der Waals surface area contributed by atoms with Crippen molar-refractivity contribution in [2.24, 2.45) is 5.73 Å². The van der Waals surface area contributed by atoms with E-state index in [1.54, 1.807) is 7.05 Å². The first-order valence-electron chi connectivity index (χ1n) is 6.46. The summed E-state index contributed by atoms with van der Waals surface area (Å²) >= 11 is 0. The molecule has 1 rings (SSSR count). The maximum absolute atomic E-state index is 11.2. The number of rotatable bonds is 8. The molecule has 1 aromatic carbocycles. The largest absolute Gasteiger partial charge is 0.492 e. The zero-order valence-electron chi connectivity index (χ0n) is 11.7. The van der Waals surface area contributed by atoms with E-state index in [4.69, 9.17) is 10.5 Å². The van der Waals surface area contributed by atoms with Gasteiger partial charge in [0.25, 0.3) is 0 Å². The normalized spacial score (nSPS) is 10.5. The summed E-state index contributed by atoms with van der Waals surface area (Å²) in [7, 11) is 3.53. The van der Waals surface area contributed by atoms with Crippen molar-refractivity contribution in [3.05, 3.63) is 29.8 Å². The lowest BCUT2D eigenvalue weighted by Crippen LogP contribution is -2.35. The molecule has 1 aromatic rings. The van der Waals surface area contributed by atoms with Gasteiger partial charge in [-0.15, -0.1) is 0 Å². The van der Waals surface area contributed by atoms with Gasteiger partial charge < -0.3 is 15.8 Å². The van der Waals surface area contributed by atoms with Crippen LogP contribution >= 0.6 is 0 Å². The Bertz CT molecular complexity index is 379. The van der Waals surface area contributed by atoms with Crippen LogP contribution < -0.4 is 15.8 Å². The molecule has 0 radical (unpaired) electrons. The molecule has 106 valence electrons. The van der Waals surface area contributed by atoms with Gasteiger partial charge in [-0.25, -0.2) is 0 Å². The zero-order valence-corrected chi connectivity index (χ0v) is 11.7. The maximum atomic E-state index is 11.2. The van der Waals surface area contributed by atoms with Crippen LogP contribution in [0.2, 0.25) is 0 Å². The lowest BCUT2D eigenvalue weighted by molar-refractivity contribution is -0.121. The van der Waals surface area contributed by atoms with E-state index in [0.717, 1.165) is 12.2 Å². The Kier molecular flexibility index (Phi) is 6.92. The highest BCUT2D eigenvalue weighted by atomic mass is 16.5. The molecule has 0 aliphatic rings. The van der Waals surface area contributed by atoms with Crippen molar-refractivity contribution in [2.75, 3.05) is 40.3 Å². The van der Waals surface area contributed by atoms with E-state index >= 15 is 0 Å². The topological polar surface area (TPSA) is 67.6 Å². The first kappa shape index (κ1) is 15.5. The lowest BCUT2D eigenvalue weighted by Gasteiger charge is -2.15. The van der Waals surface area contributed by atoms with Gasteiger partial charge in [-0.05, 0) is 37.7 Å². The minimum Gasteiger partial charge on any atom is -0.492 e. The molecule has 19 heavy (non-hydrogen) atoms. The maximum Gasteiger partial charge on any atom is 0.233 e. The van der Waals surface area contributed by atoms with Crippen molar-refractivity contribution < 1.29 is 9.53 Å². The second-order valence-electron chi connectivity index (χ2n) is 4.44. The number of amides is 1. The quantitative estimate of drug-likeness (QED) is 0.707. The Morgan fingerprint density at radius 2 is 2.05 bits per heavy atom. The Hall–Kier alpha value is -1.59. The number of ether oxygens (including phenoxy) is 1. The van der Waals surface area contributed by atoms with Crippen molar-refractivity contribution in [1.82, 2.24) is 10.2 Å². The van der Waals surface area contributed by atoms with Crippen LogP contribution in [0.25, 0.3) is 0 Å². The van der Waals surface area contributed by atoms with E-state index in [0.29, 0.717) is 26.2 Å². The van der Waals surface area contributed by atoms with Gasteiger partial charge in [0.1, 0.15) is 12.4 Å². The molecule has 0 aliphatic carbocycles. The van der Waals surface area contributed by atoms with Crippen LogP contribution in [0, 0.1) is 0 Å². The fraction of sp³-hybridized carbons (Fsp3) is 0.500. The van der Waals surface area contributed by atoms with Crippen LogP contribution in [-0.4, -0.2) is 51.1 Å². The summed E-state index contributed by atoms with van der Waals surface area (Å²) in [6.07, 6.45) is 0.884. The molecule has 1 amide bonds. The van der Waals surface area contributed by atoms with Gasteiger partial charge in [0.05, 0.1) is 6.54 Å². The summed E-state index contributed by atoms with van der Waals surface area (Å²) in [6.45, 7) is 2.31. The van der Waals surface area contributed by atoms with Crippen LogP contribution in [0.1, 0.15) is 5.56 Å². The highest BCUT2D eigenvalue weighted by Crippen LogP contribution is 2.12. The van der Waals surface area contributed by atoms with E-state index in [1.807, 2.05) is 36.2 Å². The molecule has 5 nitrogen and oxygen atoms in total. The van der Waals surface area contributed by atoms with E-state index in [1.165, 1.54) is 5.56 Å². The highest BCUT2D eigenvalue weighted by molar-refractivity contribution is 5.77. The lowest BCUT2D eigenvalue weighted by atomic mass is 10.1. The van der Waals surface area contributed by atoms with Gasteiger partial charge in [0.2, 0.25) is 5.91 Å². The molecule has 0 bridgehead atoms. The smallest absolute Gasteiger partial charge is 0.233 e. The molecule has 0 spiro atoms. The minimum atomic E-state index is 0.00800. The molecule has 0 saturated heterocycles. The van der Waals surface area contributed by atoms with Crippen LogP contribution in [0.15, 0.2) is 24.3 Å². The van der Waals surface area contributed by atoms with Crippen molar-refractivity contribution in [3.8, 4) is 5.75 Å². The number of hydrogen-bond acceptors (Lipinski definition) is 4. The van der Waals surface area contributed by atoms with E-state index in [-0.39, 0.29) is 5.91 Å². The van der Waals surface area contributed by atoms with Crippen molar-refractivity contribution in [3.63, 3.8) is 0 Å². The Balaban J connectivity index is 2.26. The second kappa shape index (κ2) is 8.50. The number of nitrogens with two attached hydrogens (primary N) is 1. The summed E-state index contributed by atoms with van der Waals surface area (Å²) in [4.78, 5) is 13.1. The van der Waals surface area contributed by atoms with Gasteiger partial charge in [-0.1, -0.05) is 12.1 Å². The summed E-state index contributed by atoms with van der Waals surface area (Å²) in [6, 6.07) is 7.94. The van der Waals surface area contributed by atoms with Gasteiger partial charge in [-0.2, -0.15) is 0 Å². The van der Waals surface area contributed by atoms with Crippen molar-refractivity contribution in [2.45, 2.75) is 6.42 Å². The fourth-order valence-electron chi connectivity index (χ4n) is 1.64. The first-order chi connectivity index (χ1) is 9.15. The van der Waals surface area contributed by atoms with Crippen LogP contribution in [-0.2, 0) is 11.2 Å². The Labute approximate surface area is 114 Å². The SMILES string of the molecule is CNC(=O)CN(C)CCOc1ccc(CCN)cc1. The van der Waals surface area contributed by atoms with Crippen molar-refractivity contribution >= 4 is 5.91 Å². The molecule has 0 atom stereocenters. The summed E-state index contributed by atoms with van der Waals surface area (Å²) in [5.41, 5.74) is 6.71. The first-order valence-corrected chi connectivity index (χ1v) is 6.46. The summed E-state index contributed by atoms with van der Waals surface area (Å²) in [5.74, 6) is 0.850. The standard InChI is InChI=1S/C14H23N3O2/c1-16-14(18)11-17(2)9-10-19-13-5-3-12(4-6-13)7-8-15/h3-6H,7-11,15H2,1-2H3,(H,16,18). The second-order valence-corrected chi connectivity index (χ2v) is 4.44. The van der Waals surface area contributed by atoms with Crippen LogP contribution in [0.4, 0.5) is 0 Å². The molecular formula is C14H23N3O2. The monoisotopic (exact) mass is 265 g/mol. The minimum absolute atomic E-state index is 0.00800. The summed E-state index contributed by atoms with van der Waals surface area (Å²) in [5, 5.41) is 2.59. The molecule has 0 aliphatic heterocycles.